The van der Waals surface area contributed by atoms with Crippen LogP contribution in [0, 0.1) is 22.9 Å². The van der Waals surface area contributed by atoms with E-state index >= 15 is 0 Å². The molecule has 0 bridgehead atoms. The maximum atomic E-state index is 13.8. The van der Waals surface area contributed by atoms with Crippen LogP contribution in [-0.2, 0) is 0 Å². The molecule has 0 spiro atoms. The molecule has 0 saturated carbocycles. The van der Waals surface area contributed by atoms with Gasteiger partial charge in [0.05, 0.1) is 10.5 Å². The SMILES string of the molecule is Cc1c(Oc2cccc(F)c2[C@H](C)N)cccc1[N+](=O)[O-]. The first-order valence-electron chi connectivity index (χ1n) is 6.37. The minimum atomic E-state index is -0.555. The Labute approximate surface area is 121 Å². The lowest BCUT2D eigenvalue weighted by atomic mass is 10.1. The Balaban J connectivity index is 2.47. The van der Waals surface area contributed by atoms with Crippen LogP contribution in [0.3, 0.4) is 0 Å². The fourth-order valence-corrected chi connectivity index (χ4v) is 2.08. The van der Waals surface area contributed by atoms with E-state index in [2.05, 4.69) is 0 Å². The molecule has 6 heteroatoms. The zero-order valence-electron chi connectivity index (χ0n) is 11.7. The van der Waals surface area contributed by atoms with Crippen molar-refractivity contribution in [2.24, 2.45) is 5.73 Å². The Morgan fingerprint density at radius 3 is 2.48 bits per heavy atom. The number of nitrogens with zero attached hydrogens (tertiary/aromatic N) is 1. The number of nitrogens with two attached hydrogens (primary N) is 1. The van der Waals surface area contributed by atoms with E-state index in [0.29, 0.717) is 11.3 Å². The molecular formula is C15H15FN2O3. The summed E-state index contributed by atoms with van der Waals surface area (Å²) in [4.78, 5) is 10.4. The van der Waals surface area contributed by atoms with Crippen LogP contribution in [0.15, 0.2) is 36.4 Å². The molecular weight excluding hydrogens is 275 g/mol. The standard InChI is InChI=1S/C15H15FN2O3/c1-9-12(18(19)20)6-4-7-13(9)21-14-8-3-5-11(16)15(14)10(2)17/h3-8,10H,17H2,1-2H3/t10-/m0/s1. The van der Waals surface area contributed by atoms with Gasteiger partial charge in [-0.15, -0.1) is 0 Å². The van der Waals surface area contributed by atoms with Crippen LogP contribution in [0.2, 0.25) is 0 Å². The third-order valence-corrected chi connectivity index (χ3v) is 3.14. The van der Waals surface area contributed by atoms with Gasteiger partial charge in [-0.25, -0.2) is 4.39 Å². The largest absolute Gasteiger partial charge is 0.456 e. The van der Waals surface area contributed by atoms with Crippen LogP contribution in [0.4, 0.5) is 10.1 Å². The molecule has 0 aliphatic carbocycles. The van der Waals surface area contributed by atoms with Crippen molar-refractivity contribution in [1.82, 2.24) is 0 Å². The van der Waals surface area contributed by atoms with Gasteiger partial charge >= 0.3 is 0 Å². The van der Waals surface area contributed by atoms with Crippen molar-refractivity contribution >= 4 is 5.69 Å². The van der Waals surface area contributed by atoms with Crippen molar-refractivity contribution < 1.29 is 14.1 Å². The molecule has 110 valence electrons. The smallest absolute Gasteiger partial charge is 0.276 e. The van der Waals surface area contributed by atoms with Gasteiger partial charge in [0.2, 0.25) is 0 Å². The predicted molar refractivity (Wildman–Crippen MR) is 76.9 cm³/mol. The van der Waals surface area contributed by atoms with E-state index in [1.807, 2.05) is 0 Å². The van der Waals surface area contributed by atoms with Gasteiger partial charge in [0.25, 0.3) is 5.69 Å². The summed E-state index contributed by atoms with van der Waals surface area (Å²) in [6.45, 7) is 3.23. The highest BCUT2D eigenvalue weighted by Gasteiger charge is 2.18. The minimum Gasteiger partial charge on any atom is -0.456 e. The summed E-state index contributed by atoms with van der Waals surface area (Å²) in [7, 11) is 0. The number of halogens is 1. The van der Waals surface area contributed by atoms with Gasteiger partial charge in [0.15, 0.2) is 0 Å². The highest BCUT2D eigenvalue weighted by atomic mass is 19.1. The number of nitro groups is 1. The normalized spacial score (nSPS) is 12.0. The molecule has 2 rings (SSSR count). The fraction of sp³-hybridized carbons (Fsp3) is 0.200. The molecule has 0 radical (unpaired) electrons. The van der Waals surface area contributed by atoms with Crippen molar-refractivity contribution in [3.8, 4) is 11.5 Å². The topological polar surface area (TPSA) is 78.4 Å². The lowest BCUT2D eigenvalue weighted by molar-refractivity contribution is -0.385. The third kappa shape index (κ3) is 3.00. The fourth-order valence-electron chi connectivity index (χ4n) is 2.08. The molecule has 2 aromatic carbocycles. The second-order valence-electron chi connectivity index (χ2n) is 4.70. The summed E-state index contributed by atoms with van der Waals surface area (Å²) in [5.74, 6) is 0.0934. The molecule has 2 aromatic rings. The number of benzene rings is 2. The van der Waals surface area contributed by atoms with Crippen molar-refractivity contribution in [3.63, 3.8) is 0 Å². The zero-order valence-corrected chi connectivity index (χ0v) is 11.7. The predicted octanol–water partition coefficient (Wildman–Crippen LogP) is 3.85. The summed E-state index contributed by atoms with van der Waals surface area (Å²) in [5.41, 5.74) is 6.32. The summed E-state index contributed by atoms with van der Waals surface area (Å²) >= 11 is 0. The molecule has 0 unspecified atom stereocenters. The van der Waals surface area contributed by atoms with E-state index in [4.69, 9.17) is 10.5 Å². The van der Waals surface area contributed by atoms with E-state index in [9.17, 15) is 14.5 Å². The Hall–Kier alpha value is -2.47. The molecule has 0 saturated heterocycles. The van der Waals surface area contributed by atoms with Crippen molar-refractivity contribution in [2.75, 3.05) is 0 Å². The second kappa shape index (κ2) is 5.88. The van der Waals surface area contributed by atoms with E-state index in [1.54, 1.807) is 26.0 Å². The van der Waals surface area contributed by atoms with Crippen LogP contribution >= 0.6 is 0 Å². The van der Waals surface area contributed by atoms with Crippen LogP contribution in [-0.4, -0.2) is 4.92 Å². The van der Waals surface area contributed by atoms with E-state index in [-0.39, 0.29) is 17.0 Å². The average molecular weight is 290 g/mol. The first-order chi connectivity index (χ1) is 9.91. The molecule has 0 aliphatic rings. The maximum Gasteiger partial charge on any atom is 0.276 e. The molecule has 0 aliphatic heterocycles. The summed E-state index contributed by atoms with van der Waals surface area (Å²) in [6, 6.07) is 8.33. The Morgan fingerprint density at radius 2 is 1.86 bits per heavy atom. The van der Waals surface area contributed by atoms with Gasteiger partial charge in [-0.1, -0.05) is 12.1 Å². The van der Waals surface area contributed by atoms with Gasteiger partial charge in [-0.2, -0.15) is 0 Å². The molecule has 5 nitrogen and oxygen atoms in total. The molecule has 0 fully saturated rings. The first kappa shape index (κ1) is 14.9. The monoisotopic (exact) mass is 290 g/mol. The van der Waals surface area contributed by atoms with E-state index in [0.717, 1.165) is 0 Å². The number of nitro benzene ring substituents is 1. The second-order valence-corrected chi connectivity index (χ2v) is 4.70. The quantitative estimate of drug-likeness (QED) is 0.685. The lowest BCUT2D eigenvalue weighted by Crippen LogP contribution is -2.09. The molecule has 21 heavy (non-hydrogen) atoms. The Morgan fingerprint density at radius 1 is 1.24 bits per heavy atom. The molecule has 0 amide bonds. The number of ether oxygens (including phenoxy) is 1. The lowest BCUT2D eigenvalue weighted by Gasteiger charge is -2.15. The van der Waals surface area contributed by atoms with E-state index in [1.165, 1.54) is 24.3 Å². The average Bonchev–Trinajstić information content (AvgIpc) is 2.40. The number of hydrogen-bond donors (Lipinski definition) is 1. The van der Waals surface area contributed by atoms with Crippen LogP contribution in [0.1, 0.15) is 24.1 Å². The molecule has 2 N–H and O–H groups in total. The van der Waals surface area contributed by atoms with Gasteiger partial charge in [0, 0.05) is 17.7 Å². The zero-order chi connectivity index (χ0) is 15.6. The van der Waals surface area contributed by atoms with Gasteiger partial charge < -0.3 is 10.5 Å². The Kier molecular flexibility index (Phi) is 4.18. The maximum absolute atomic E-state index is 13.8. The Bertz CT molecular complexity index is 687. The molecule has 0 aromatic heterocycles. The van der Waals surface area contributed by atoms with Crippen molar-refractivity contribution in [2.45, 2.75) is 19.9 Å². The van der Waals surface area contributed by atoms with Crippen LogP contribution < -0.4 is 10.5 Å². The summed E-state index contributed by atoms with van der Waals surface area (Å²) in [6.07, 6.45) is 0. The molecule has 0 heterocycles. The van der Waals surface area contributed by atoms with Crippen molar-refractivity contribution in [3.05, 3.63) is 63.5 Å². The number of hydrogen-bond acceptors (Lipinski definition) is 4. The van der Waals surface area contributed by atoms with Crippen LogP contribution in [0.5, 0.6) is 11.5 Å². The van der Waals surface area contributed by atoms with E-state index < -0.39 is 16.8 Å². The third-order valence-electron chi connectivity index (χ3n) is 3.14. The highest BCUT2D eigenvalue weighted by molar-refractivity contribution is 5.51. The summed E-state index contributed by atoms with van der Waals surface area (Å²) < 4.78 is 19.5. The van der Waals surface area contributed by atoms with Crippen molar-refractivity contribution in [1.29, 1.82) is 0 Å². The van der Waals surface area contributed by atoms with Crippen LogP contribution in [0.25, 0.3) is 0 Å². The first-order valence-corrected chi connectivity index (χ1v) is 6.37. The van der Waals surface area contributed by atoms with Gasteiger partial charge in [-0.3, -0.25) is 10.1 Å². The number of rotatable bonds is 4. The van der Waals surface area contributed by atoms with Gasteiger partial charge in [-0.05, 0) is 32.0 Å². The summed E-state index contributed by atoms with van der Waals surface area (Å²) in [5, 5.41) is 10.9. The molecule has 1 atom stereocenters. The minimum absolute atomic E-state index is 0.0498. The van der Waals surface area contributed by atoms with Gasteiger partial charge in [0.1, 0.15) is 17.3 Å². The highest BCUT2D eigenvalue weighted by Crippen LogP contribution is 2.34.